The molecule has 14 heavy (non-hydrogen) atoms. The van der Waals surface area contributed by atoms with E-state index in [2.05, 4.69) is 43.1 Å². The van der Waals surface area contributed by atoms with Crippen molar-refractivity contribution in [2.45, 2.75) is 25.9 Å². The second kappa shape index (κ2) is 5.78. The molecule has 0 fully saturated rings. The summed E-state index contributed by atoms with van der Waals surface area (Å²) in [6.45, 7) is 3.98. The molecule has 0 aromatic heterocycles. The van der Waals surface area contributed by atoms with Crippen molar-refractivity contribution in [1.29, 1.82) is 0 Å². The van der Waals surface area contributed by atoms with Crippen LogP contribution in [0, 0.1) is 0 Å². The van der Waals surface area contributed by atoms with Crippen molar-refractivity contribution in [2.24, 2.45) is 5.73 Å². The van der Waals surface area contributed by atoms with Crippen LogP contribution in [0.25, 0.3) is 0 Å². The molecule has 0 aliphatic rings. The van der Waals surface area contributed by atoms with E-state index in [0.29, 0.717) is 6.04 Å². The fourth-order valence-corrected chi connectivity index (χ4v) is 1.49. The zero-order valence-corrected chi connectivity index (χ0v) is 9.11. The van der Waals surface area contributed by atoms with Gasteiger partial charge in [0.25, 0.3) is 0 Å². The Balaban J connectivity index is 2.44. The van der Waals surface area contributed by atoms with Gasteiger partial charge >= 0.3 is 0 Å². The highest BCUT2D eigenvalue weighted by Gasteiger charge is 2.07. The molecule has 0 saturated heterocycles. The highest BCUT2D eigenvalue weighted by Crippen LogP contribution is 2.07. The van der Waals surface area contributed by atoms with Crippen molar-refractivity contribution in [3.63, 3.8) is 0 Å². The molecular weight excluding hydrogens is 172 g/mol. The summed E-state index contributed by atoms with van der Waals surface area (Å²) >= 11 is 0. The summed E-state index contributed by atoms with van der Waals surface area (Å²) in [4.78, 5) is 2.34. The minimum Gasteiger partial charge on any atom is -0.330 e. The molecule has 1 atom stereocenters. The second-order valence-electron chi connectivity index (χ2n) is 3.83. The summed E-state index contributed by atoms with van der Waals surface area (Å²) in [7, 11) is 2.15. The van der Waals surface area contributed by atoms with Gasteiger partial charge in [-0.1, -0.05) is 30.3 Å². The Morgan fingerprint density at radius 2 is 1.93 bits per heavy atom. The van der Waals surface area contributed by atoms with E-state index in [9.17, 15) is 0 Å². The van der Waals surface area contributed by atoms with Gasteiger partial charge in [0.15, 0.2) is 0 Å². The predicted molar refractivity (Wildman–Crippen MR) is 61.0 cm³/mol. The number of hydrogen-bond acceptors (Lipinski definition) is 2. The van der Waals surface area contributed by atoms with Crippen LogP contribution < -0.4 is 5.73 Å². The molecule has 0 heterocycles. The molecule has 2 N–H and O–H groups in total. The molecule has 0 amide bonds. The van der Waals surface area contributed by atoms with Crippen LogP contribution in [0.15, 0.2) is 30.3 Å². The first-order valence-corrected chi connectivity index (χ1v) is 5.18. The SMILES string of the molecule is C[C@@H](CCN)N(C)Cc1ccccc1. The molecule has 78 valence electrons. The lowest BCUT2D eigenvalue weighted by molar-refractivity contribution is 0.240. The second-order valence-corrected chi connectivity index (χ2v) is 3.83. The molecule has 1 rings (SSSR count). The van der Waals surface area contributed by atoms with Crippen LogP contribution in [-0.4, -0.2) is 24.5 Å². The van der Waals surface area contributed by atoms with Crippen molar-refractivity contribution in [3.05, 3.63) is 35.9 Å². The highest BCUT2D eigenvalue weighted by molar-refractivity contribution is 5.14. The van der Waals surface area contributed by atoms with E-state index in [1.807, 2.05) is 6.07 Å². The maximum absolute atomic E-state index is 5.53. The third-order valence-corrected chi connectivity index (χ3v) is 2.61. The van der Waals surface area contributed by atoms with Gasteiger partial charge in [0.1, 0.15) is 0 Å². The van der Waals surface area contributed by atoms with Gasteiger partial charge in [-0.2, -0.15) is 0 Å². The summed E-state index contributed by atoms with van der Waals surface area (Å²) in [5.41, 5.74) is 6.89. The maximum Gasteiger partial charge on any atom is 0.0233 e. The fraction of sp³-hybridized carbons (Fsp3) is 0.500. The normalized spacial score (nSPS) is 13.1. The number of hydrogen-bond donors (Lipinski definition) is 1. The first-order valence-electron chi connectivity index (χ1n) is 5.18. The third-order valence-electron chi connectivity index (χ3n) is 2.61. The summed E-state index contributed by atoms with van der Waals surface area (Å²) in [6, 6.07) is 11.1. The van der Waals surface area contributed by atoms with E-state index in [4.69, 9.17) is 5.73 Å². The smallest absolute Gasteiger partial charge is 0.0233 e. The van der Waals surface area contributed by atoms with E-state index in [1.54, 1.807) is 0 Å². The van der Waals surface area contributed by atoms with Gasteiger partial charge in [-0.25, -0.2) is 0 Å². The van der Waals surface area contributed by atoms with E-state index in [0.717, 1.165) is 19.5 Å². The first-order chi connectivity index (χ1) is 6.74. The molecule has 0 saturated carbocycles. The lowest BCUT2D eigenvalue weighted by Crippen LogP contribution is -2.30. The van der Waals surface area contributed by atoms with Gasteiger partial charge in [-0.05, 0) is 32.5 Å². The van der Waals surface area contributed by atoms with Crippen molar-refractivity contribution < 1.29 is 0 Å². The maximum atomic E-state index is 5.53. The molecular formula is C12H20N2. The molecule has 2 nitrogen and oxygen atoms in total. The zero-order valence-electron chi connectivity index (χ0n) is 9.11. The average molecular weight is 192 g/mol. The van der Waals surface area contributed by atoms with Gasteiger partial charge in [-0.3, -0.25) is 4.90 Å². The molecule has 0 bridgehead atoms. The predicted octanol–water partition coefficient (Wildman–Crippen LogP) is 1.86. The number of nitrogens with zero attached hydrogens (tertiary/aromatic N) is 1. The molecule has 2 heteroatoms. The van der Waals surface area contributed by atoms with Gasteiger partial charge < -0.3 is 5.73 Å². The Morgan fingerprint density at radius 3 is 2.50 bits per heavy atom. The number of rotatable bonds is 5. The number of nitrogens with two attached hydrogens (primary N) is 1. The average Bonchev–Trinajstić information content (AvgIpc) is 2.19. The minimum absolute atomic E-state index is 0.556. The van der Waals surface area contributed by atoms with Crippen molar-refractivity contribution in [1.82, 2.24) is 4.90 Å². The van der Waals surface area contributed by atoms with Crippen LogP contribution >= 0.6 is 0 Å². The zero-order chi connectivity index (χ0) is 10.4. The summed E-state index contributed by atoms with van der Waals surface area (Å²) in [5, 5.41) is 0. The van der Waals surface area contributed by atoms with Gasteiger partial charge in [-0.15, -0.1) is 0 Å². The van der Waals surface area contributed by atoms with Crippen LogP contribution in [0.4, 0.5) is 0 Å². The standard InChI is InChI=1S/C12H20N2/c1-11(8-9-13)14(2)10-12-6-4-3-5-7-12/h3-7,11H,8-10,13H2,1-2H3/t11-/m0/s1. The number of benzene rings is 1. The van der Waals surface area contributed by atoms with Crippen LogP contribution in [-0.2, 0) is 6.54 Å². The fourth-order valence-electron chi connectivity index (χ4n) is 1.49. The van der Waals surface area contributed by atoms with E-state index in [1.165, 1.54) is 5.56 Å². The molecule has 0 spiro atoms. The Kier molecular flexibility index (Phi) is 4.63. The Hall–Kier alpha value is -0.860. The molecule has 1 aromatic rings. The molecule has 0 aliphatic carbocycles. The Morgan fingerprint density at radius 1 is 1.29 bits per heavy atom. The lowest BCUT2D eigenvalue weighted by atomic mass is 10.1. The highest BCUT2D eigenvalue weighted by atomic mass is 15.1. The summed E-state index contributed by atoms with van der Waals surface area (Å²) in [5.74, 6) is 0. The van der Waals surface area contributed by atoms with E-state index >= 15 is 0 Å². The molecule has 0 aliphatic heterocycles. The van der Waals surface area contributed by atoms with Crippen LogP contribution in [0.1, 0.15) is 18.9 Å². The first kappa shape index (κ1) is 11.2. The molecule has 0 unspecified atom stereocenters. The van der Waals surface area contributed by atoms with Gasteiger partial charge in [0.2, 0.25) is 0 Å². The third kappa shape index (κ3) is 3.48. The van der Waals surface area contributed by atoms with Crippen molar-refractivity contribution in [3.8, 4) is 0 Å². The van der Waals surface area contributed by atoms with E-state index in [-0.39, 0.29) is 0 Å². The summed E-state index contributed by atoms with van der Waals surface area (Å²) in [6.07, 6.45) is 1.06. The Labute approximate surface area is 86.7 Å². The minimum atomic E-state index is 0.556. The van der Waals surface area contributed by atoms with Crippen LogP contribution in [0.2, 0.25) is 0 Å². The monoisotopic (exact) mass is 192 g/mol. The van der Waals surface area contributed by atoms with Crippen molar-refractivity contribution in [2.75, 3.05) is 13.6 Å². The van der Waals surface area contributed by atoms with E-state index < -0.39 is 0 Å². The Bertz CT molecular complexity index is 246. The van der Waals surface area contributed by atoms with Gasteiger partial charge in [0, 0.05) is 12.6 Å². The largest absolute Gasteiger partial charge is 0.330 e. The lowest BCUT2D eigenvalue weighted by Gasteiger charge is -2.24. The van der Waals surface area contributed by atoms with Gasteiger partial charge in [0.05, 0.1) is 0 Å². The van der Waals surface area contributed by atoms with Crippen LogP contribution in [0.3, 0.4) is 0 Å². The topological polar surface area (TPSA) is 29.3 Å². The van der Waals surface area contributed by atoms with Crippen LogP contribution in [0.5, 0.6) is 0 Å². The molecule has 1 aromatic carbocycles. The van der Waals surface area contributed by atoms with Crippen molar-refractivity contribution >= 4 is 0 Å². The summed E-state index contributed by atoms with van der Waals surface area (Å²) < 4.78 is 0. The quantitative estimate of drug-likeness (QED) is 0.771. The molecule has 0 radical (unpaired) electrons.